The summed E-state index contributed by atoms with van der Waals surface area (Å²) in [6, 6.07) is 4.02. The van der Waals surface area contributed by atoms with Crippen molar-refractivity contribution in [1.82, 2.24) is 20.5 Å². The van der Waals surface area contributed by atoms with E-state index in [4.69, 9.17) is 4.42 Å². The average molecular weight is 300 g/mol. The van der Waals surface area contributed by atoms with Crippen molar-refractivity contribution in [2.45, 2.75) is 51.0 Å². The molecule has 0 radical (unpaired) electrons. The van der Waals surface area contributed by atoms with Crippen molar-refractivity contribution in [3.8, 4) is 11.5 Å². The SMILES string of the molecule is O=C(CCc1nnc(-c2cccnc2)o1)NC1CCCCC1. The number of nitrogens with one attached hydrogen (secondary N) is 1. The largest absolute Gasteiger partial charge is 0.421 e. The van der Waals surface area contributed by atoms with Crippen molar-refractivity contribution in [3.63, 3.8) is 0 Å². The van der Waals surface area contributed by atoms with E-state index < -0.39 is 0 Å². The smallest absolute Gasteiger partial charge is 0.249 e. The van der Waals surface area contributed by atoms with Crippen molar-refractivity contribution in [3.05, 3.63) is 30.4 Å². The molecule has 0 saturated heterocycles. The van der Waals surface area contributed by atoms with E-state index in [1.807, 2.05) is 12.1 Å². The van der Waals surface area contributed by atoms with Gasteiger partial charge in [-0.3, -0.25) is 9.78 Å². The molecular formula is C16H20N4O2. The van der Waals surface area contributed by atoms with Crippen molar-refractivity contribution >= 4 is 5.91 Å². The second kappa shape index (κ2) is 7.15. The van der Waals surface area contributed by atoms with Gasteiger partial charge in [0, 0.05) is 31.3 Å². The molecule has 3 rings (SSSR count). The fourth-order valence-electron chi connectivity index (χ4n) is 2.73. The molecule has 1 saturated carbocycles. The third-order valence-corrected chi connectivity index (χ3v) is 3.91. The molecular weight excluding hydrogens is 280 g/mol. The van der Waals surface area contributed by atoms with E-state index in [1.54, 1.807) is 12.4 Å². The van der Waals surface area contributed by atoms with Gasteiger partial charge in [-0.05, 0) is 25.0 Å². The highest BCUT2D eigenvalue weighted by Crippen LogP contribution is 2.18. The summed E-state index contributed by atoms with van der Waals surface area (Å²) in [5.41, 5.74) is 0.785. The number of carbonyl (C=O) groups excluding carboxylic acids is 1. The first-order valence-corrected chi connectivity index (χ1v) is 7.83. The molecule has 0 spiro atoms. The minimum atomic E-state index is 0.0630. The number of carbonyl (C=O) groups is 1. The number of hydrogen-bond donors (Lipinski definition) is 1. The van der Waals surface area contributed by atoms with Crippen LogP contribution in [-0.4, -0.2) is 27.1 Å². The monoisotopic (exact) mass is 300 g/mol. The first-order chi connectivity index (χ1) is 10.8. The highest BCUT2D eigenvalue weighted by Gasteiger charge is 2.16. The maximum atomic E-state index is 12.0. The molecule has 0 unspecified atom stereocenters. The van der Waals surface area contributed by atoms with Gasteiger partial charge in [0.15, 0.2) is 0 Å². The van der Waals surface area contributed by atoms with E-state index in [2.05, 4.69) is 20.5 Å². The van der Waals surface area contributed by atoms with Crippen LogP contribution in [0.15, 0.2) is 28.9 Å². The highest BCUT2D eigenvalue weighted by atomic mass is 16.4. The molecule has 1 aliphatic carbocycles. The summed E-state index contributed by atoms with van der Waals surface area (Å²) in [7, 11) is 0. The molecule has 0 atom stereocenters. The van der Waals surface area contributed by atoms with Gasteiger partial charge < -0.3 is 9.73 Å². The van der Waals surface area contributed by atoms with E-state index in [-0.39, 0.29) is 5.91 Å². The van der Waals surface area contributed by atoms with Crippen LogP contribution in [0.4, 0.5) is 0 Å². The van der Waals surface area contributed by atoms with Crippen LogP contribution in [0.1, 0.15) is 44.4 Å². The first kappa shape index (κ1) is 14.7. The van der Waals surface area contributed by atoms with E-state index in [0.29, 0.717) is 30.7 Å². The average Bonchev–Trinajstić information content (AvgIpc) is 3.04. The molecule has 1 N–H and O–H groups in total. The van der Waals surface area contributed by atoms with Crippen molar-refractivity contribution in [2.75, 3.05) is 0 Å². The molecule has 0 aromatic carbocycles. The summed E-state index contributed by atoms with van der Waals surface area (Å²) in [4.78, 5) is 16.0. The van der Waals surface area contributed by atoms with Gasteiger partial charge in [0.2, 0.25) is 17.7 Å². The molecule has 2 heterocycles. The van der Waals surface area contributed by atoms with Gasteiger partial charge >= 0.3 is 0 Å². The second-order valence-electron chi connectivity index (χ2n) is 5.65. The molecule has 0 bridgehead atoms. The number of pyridine rings is 1. The molecule has 116 valence electrons. The highest BCUT2D eigenvalue weighted by molar-refractivity contribution is 5.76. The second-order valence-corrected chi connectivity index (χ2v) is 5.65. The van der Waals surface area contributed by atoms with Crippen LogP contribution in [0.5, 0.6) is 0 Å². The number of amides is 1. The summed E-state index contributed by atoms with van der Waals surface area (Å²) in [6.07, 6.45) is 10.1. The number of aryl methyl sites for hydroxylation is 1. The minimum Gasteiger partial charge on any atom is -0.421 e. The minimum absolute atomic E-state index is 0.0630. The predicted octanol–water partition coefficient (Wildman–Crippen LogP) is 2.51. The number of rotatable bonds is 5. The Morgan fingerprint density at radius 2 is 2.14 bits per heavy atom. The van der Waals surface area contributed by atoms with Crippen molar-refractivity contribution in [2.24, 2.45) is 0 Å². The van der Waals surface area contributed by atoms with Crippen LogP contribution in [0.2, 0.25) is 0 Å². The molecule has 1 amide bonds. The lowest BCUT2D eigenvalue weighted by Gasteiger charge is -2.22. The van der Waals surface area contributed by atoms with Crippen LogP contribution in [0, 0.1) is 0 Å². The van der Waals surface area contributed by atoms with E-state index in [1.165, 1.54) is 19.3 Å². The Hall–Kier alpha value is -2.24. The lowest BCUT2D eigenvalue weighted by Crippen LogP contribution is -2.36. The Balaban J connectivity index is 1.49. The van der Waals surface area contributed by atoms with Gasteiger partial charge in [0.05, 0.1) is 5.56 Å². The van der Waals surface area contributed by atoms with Crippen LogP contribution < -0.4 is 5.32 Å². The number of aromatic nitrogens is 3. The lowest BCUT2D eigenvalue weighted by molar-refractivity contribution is -0.122. The Kier molecular flexibility index (Phi) is 4.78. The topological polar surface area (TPSA) is 80.9 Å². The summed E-state index contributed by atoms with van der Waals surface area (Å²) in [5, 5.41) is 11.1. The van der Waals surface area contributed by atoms with Crippen LogP contribution in [0.25, 0.3) is 11.5 Å². The molecule has 1 aliphatic rings. The summed E-state index contributed by atoms with van der Waals surface area (Å²) < 4.78 is 5.57. The van der Waals surface area contributed by atoms with Gasteiger partial charge in [-0.1, -0.05) is 19.3 Å². The van der Waals surface area contributed by atoms with E-state index >= 15 is 0 Å². The number of nitrogens with zero attached hydrogens (tertiary/aromatic N) is 3. The summed E-state index contributed by atoms with van der Waals surface area (Å²) in [6.45, 7) is 0. The molecule has 22 heavy (non-hydrogen) atoms. The maximum absolute atomic E-state index is 12.0. The first-order valence-electron chi connectivity index (χ1n) is 7.83. The summed E-state index contributed by atoms with van der Waals surface area (Å²) >= 11 is 0. The molecule has 2 aromatic rings. The standard InChI is InChI=1S/C16H20N4O2/c21-14(18-13-6-2-1-3-7-13)8-9-15-19-20-16(22-15)12-5-4-10-17-11-12/h4-5,10-11,13H,1-3,6-9H2,(H,18,21). The van der Waals surface area contributed by atoms with Crippen molar-refractivity contribution < 1.29 is 9.21 Å². The molecule has 1 fully saturated rings. The Morgan fingerprint density at radius 3 is 2.91 bits per heavy atom. The Bertz CT molecular complexity index is 606. The van der Waals surface area contributed by atoms with E-state index in [0.717, 1.165) is 18.4 Å². The third kappa shape index (κ3) is 3.90. The number of hydrogen-bond acceptors (Lipinski definition) is 5. The van der Waals surface area contributed by atoms with Crippen LogP contribution in [0.3, 0.4) is 0 Å². The van der Waals surface area contributed by atoms with Gasteiger partial charge in [-0.15, -0.1) is 10.2 Å². The van der Waals surface area contributed by atoms with Crippen LogP contribution >= 0.6 is 0 Å². The fraction of sp³-hybridized carbons (Fsp3) is 0.500. The van der Waals surface area contributed by atoms with Crippen LogP contribution in [-0.2, 0) is 11.2 Å². The predicted molar refractivity (Wildman–Crippen MR) is 80.9 cm³/mol. The van der Waals surface area contributed by atoms with Crippen molar-refractivity contribution in [1.29, 1.82) is 0 Å². The molecule has 2 aromatic heterocycles. The molecule has 6 heteroatoms. The van der Waals surface area contributed by atoms with E-state index in [9.17, 15) is 4.79 Å². The fourth-order valence-corrected chi connectivity index (χ4v) is 2.73. The zero-order valence-electron chi connectivity index (χ0n) is 12.5. The van der Waals surface area contributed by atoms with Gasteiger partial charge in [0.25, 0.3) is 0 Å². The molecule has 0 aliphatic heterocycles. The maximum Gasteiger partial charge on any atom is 0.249 e. The van der Waals surface area contributed by atoms with Gasteiger partial charge in [-0.25, -0.2) is 0 Å². The van der Waals surface area contributed by atoms with Gasteiger partial charge in [-0.2, -0.15) is 0 Å². The Labute approximate surface area is 129 Å². The Morgan fingerprint density at radius 1 is 1.27 bits per heavy atom. The zero-order valence-corrected chi connectivity index (χ0v) is 12.5. The zero-order chi connectivity index (χ0) is 15.2. The third-order valence-electron chi connectivity index (χ3n) is 3.91. The molecule has 6 nitrogen and oxygen atoms in total. The quantitative estimate of drug-likeness (QED) is 0.917. The van der Waals surface area contributed by atoms with Gasteiger partial charge in [0.1, 0.15) is 0 Å². The normalized spacial score (nSPS) is 15.6. The summed E-state index contributed by atoms with van der Waals surface area (Å²) in [5.74, 6) is 0.987. The lowest BCUT2D eigenvalue weighted by atomic mass is 9.95.